The molecule has 0 saturated carbocycles. The number of rotatable bonds is 4. The van der Waals surface area contributed by atoms with Gasteiger partial charge in [0.25, 0.3) is 0 Å². The van der Waals surface area contributed by atoms with E-state index in [1.165, 1.54) is 19.2 Å². The third-order valence-electron chi connectivity index (χ3n) is 3.17. The first-order chi connectivity index (χ1) is 10.8. The molecular formula is C17H13F3O3. The lowest BCUT2D eigenvalue weighted by molar-refractivity contribution is -0.137. The predicted molar refractivity (Wildman–Crippen MR) is 79.2 cm³/mol. The van der Waals surface area contributed by atoms with Crippen LogP contribution in [0.25, 0.3) is 5.57 Å². The Morgan fingerprint density at radius 3 is 2.26 bits per heavy atom. The van der Waals surface area contributed by atoms with Gasteiger partial charge in [-0.05, 0) is 41.0 Å². The lowest BCUT2D eigenvalue weighted by Crippen LogP contribution is -2.05. The Hall–Kier alpha value is -2.76. The van der Waals surface area contributed by atoms with Crippen molar-refractivity contribution in [2.75, 3.05) is 7.11 Å². The van der Waals surface area contributed by atoms with Crippen LogP contribution < -0.4 is 4.74 Å². The smallest absolute Gasteiger partial charge is 0.416 e. The average Bonchev–Trinajstić information content (AvgIpc) is 2.52. The SMILES string of the molecule is COc1ccc(C(=CC(=O)O)c2cccc(C(F)(F)F)c2)cc1. The van der Waals surface area contributed by atoms with Gasteiger partial charge in [0.15, 0.2) is 0 Å². The topological polar surface area (TPSA) is 46.5 Å². The third-order valence-corrected chi connectivity index (χ3v) is 3.17. The van der Waals surface area contributed by atoms with Crippen molar-refractivity contribution in [1.29, 1.82) is 0 Å². The number of alkyl halides is 3. The quantitative estimate of drug-likeness (QED) is 0.857. The highest BCUT2D eigenvalue weighted by Gasteiger charge is 2.30. The molecule has 6 heteroatoms. The van der Waals surface area contributed by atoms with E-state index in [0.717, 1.165) is 18.2 Å². The van der Waals surface area contributed by atoms with E-state index in [1.54, 1.807) is 24.3 Å². The molecule has 3 nitrogen and oxygen atoms in total. The summed E-state index contributed by atoms with van der Waals surface area (Å²) in [6.45, 7) is 0. The van der Waals surface area contributed by atoms with Crippen molar-refractivity contribution in [3.63, 3.8) is 0 Å². The minimum Gasteiger partial charge on any atom is -0.497 e. The highest BCUT2D eigenvalue weighted by molar-refractivity contribution is 5.95. The number of methoxy groups -OCH3 is 1. The first-order valence-corrected chi connectivity index (χ1v) is 6.58. The summed E-state index contributed by atoms with van der Waals surface area (Å²) in [4.78, 5) is 11.0. The lowest BCUT2D eigenvalue weighted by atomic mass is 9.96. The molecular weight excluding hydrogens is 309 g/mol. The van der Waals surface area contributed by atoms with E-state index in [1.807, 2.05) is 0 Å². The molecule has 0 unspecified atom stereocenters. The molecule has 0 amide bonds. The van der Waals surface area contributed by atoms with Gasteiger partial charge in [0.05, 0.1) is 12.7 Å². The van der Waals surface area contributed by atoms with Crippen LogP contribution in [0.5, 0.6) is 5.75 Å². The van der Waals surface area contributed by atoms with Gasteiger partial charge in [0.1, 0.15) is 5.75 Å². The highest BCUT2D eigenvalue weighted by Crippen LogP contribution is 2.32. The molecule has 0 saturated heterocycles. The Kier molecular flexibility index (Phi) is 4.74. The molecule has 0 aromatic heterocycles. The van der Waals surface area contributed by atoms with Crippen molar-refractivity contribution in [2.24, 2.45) is 0 Å². The van der Waals surface area contributed by atoms with Crippen LogP contribution >= 0.6 is 0 Å². The minimum absolute atomic E-state index is 0.174. The Balaban J connectivity index is 2.53. The molecule has 0 aliphatic carbocycles. The molecule has 2 rings (SSSR count). The van der Waals surface area contributed by atoms with Gasteiger partial charge >= 0.3 is 12.1 Å². The van der Waals surface area contributed by atoms with Crippen LogP contribution in [0.3, 0.4) is 0 Å². The van der Waals surface area contributed by atoms with E-state index in [9.17, 15) is 18.0 Å². The van der Waals surface area contributed by atoms with E-state index in [4.69, 9.17) is 9.84 Å². The average molecular weight is 322 g/mol. The molecule has 0 atom stereocenters. The Morgan fingerprint density at radius 2 is 1.74 bits per heavy atom. The van der Waals surface area contributed by atoms with Gasteiger partial charge in [-0.3, -0.25) is 0 Å². The summed E-state index contributed by atoms with van der Waals surface area (Å²) in [5.74, 6) is -0.680. The maximum Gasteiger partial charge on any atom is 0.416 e. The number of ether oxygens (including phenoxy) is 1. The normalized spacial score (nSPS) is 12.1. The monoisotopic (exact) mass is 322 g/mol. The molecule has 0 spiro atoms. The number of aliphatic carboxylic acids is 1. The van der Waals surface area contributed by atoms with Crippen LogP contribution in [0.15, 0.2) is 54.6 Å². The van der Waals surface area contributed by atoms with Crippen molar-refractivity contribution in [3.8, 4) is 5.75 Å². The van der Waals surface area contributed by atoms with Crippen molar-refractivity contribution >= 4 is 11.5 Å². The fraction of sp³-hybridized carbons (Fsp3) is 0.118. The zero-order chi connectivity index (χ0) is 17.0. The van der Waals surface area contributed by atoms with Crippen molar-refractivity contribution in [3.05, 3.63) is 71.3 Å². The van der Waals surface area contributed by atoms with E-state index in [0.29, 0.717) is 11.3 Å². The maximum absolute atomic E-state index is 12.8. The summed E-state index contributed by atoms with van der Waals surface area (Å²) >= 11 is 0. The first kappa shape index (κ1) is 16.6. The summed E-state index contributed by atoms with van der Waals surface area (Å²) in [7, 11) is 1.48. The highest BCUT2D eigenvalue weighted by atomic mass is 19.4. The van der Waals surface area contributed by atoms with Crippen LogP contribution in [0, 0.1) is 0 Å². The zero-order valence-corrected chi connectivity index (χ0v) is 12.1. The van der Waals surface area contributed by atoms with Gasteiger partial charge in [0, 0.05) is 6.08 Å². The van der Waals surface area contributed by atoms with E-state index in [-0.39, 0.29) is 11.1 Å². The standard InChI is InChI=1S/C17H13F3O3/c1-23-14-7-5-11(6-8-14)15(10-16(21)22)12-3-2-4-13(9-12)17(18,19)20/h2-10H,1H3,(H,21,22). The van der Waals surface area contributed by atoms with Crippen molar-refractivity contribution in [2.45, 2.75) is 6.18 Å². The Bertz CT molecular complexity index is 731. The summed E-state index contributed by atoms with van der Waals surface area (Å²) in [5.41, 5.74) is 0.00553. The Morgan fingerprint density at radius 1 is 1.09 bits per heavy atom. The van der Waals surface area contributed by atoms with Gasteiger partial charge in [-0.25, -0.2) is 4.79 Å². The molecule has 0 aliphatic rings. The largest absolute Gasteiger partial charge is 0.497 e. The van der Waals surface area contributed by atoms with Gasteiger partial charge in [-0.2, -0.15) is 13.2 Å². The van der Waals surface area contributed by atoms with Gasteiger partial charge in [-0.15, -0.1) is 0 Å². The van der Waals surface area contributed by atoms with E-state index < -0.39 is 17.7 Å². The van der Waals surface area contributed by atoms with Crippen LogP contribution in [0.4, 0.5) is 13.2 Å². The third kappa shape index (κ3) is 4.12. The number of carbonyl (C=O) groups is 1. The summed E-state index contributed by atoms with van der Waals surface area (Å²) in [5, 5.41) is 9.01. The number of hydrogen-bond donors (Lipinski definition) is 1. The van der Waals surface area contributed by atoms with Gasteiger partial charge < -0.3 is 9.84 Å². The molecule has 1 N–H and O–H groups in total. The molecule has 0 heterocycles. The fourth-order valence-electron chi connectivity index (χ4n) is 2.09. The predicted octanol–water partition coefficient (Wildman–Crippen LogP) is 4.23. The molecule has 2 aromatic carbocycles. The summed E-state index contributed by atoms with van der Waals surface area (Å²) < 4.78 is 43.5. The zero-order valence-electron chi connectivity index (χ0n) is 12.1. The molecule has 0 radical (unpaired) electrons. The fourth-order valence-corrected chi connectivity index (χ4v) is 2.09. The first-order valence-electron chi connectivity index (χ1n) is 6.58. The van der Waals surface area contributed by atoms with Crippen LogP contribution in [0.1, 0.15) is 16.7 Å². The lowest BCUT2D eigenvalue weighted by Gasteiger charge is -2.12. The molecule has 2 aromatic rings. The van der Waals surface area contributed by atoms with Crippen LogP contribution in [-0.2, 0) is 11.0 Å². The number of halogens is 3. The van der Waals surface area contributed by atoms with Crippen LogP contribution in [0.2, 0.25) is 0 Å². The molecule has 120 valence electrons. The summed E-state index contributed by atoms with van der Waals surface area (Å²) in [6.07, 6.45) is -3.61. The van der Waals surface area contributed by atoms with Crippen molar-refractivity contribution in [1.82, 2.24) is 0 Å². The van der Waals surface area contributed by atoms with E-state index >= 15 is 0 Å². The summed E-state index contributed by atoms with van der Waals surface area (Å²) in [6, 6.07) is 11.0. The Labute approximate surface area is 130 Å². The van der Waals surface area contributed by atoms with E-state index in [2.05, 4.69) is 0 Å². The van der Waals surface area contributed by atoms with Crippen LogP contribution in [-0.4, -0.2) is 18.2 Å². The number of carboxylic acid groups (broad SMARTS) is 1. The molecule has 0 fully saturated rings. The van der Waals surface area contributed by atoms with Crippen molar-refractivity contribution < 1.29 is 27.8 Å². The maximum atomic E-state index is 12.8. The number of hydrogen-bond acceptors (Lipinski definition) is 2. The molecule has 0 bridgehead atoms. The van der Waals surface area contributed by atoms with Gasteiger partial charge in [-0.1, -0.05) is 24.3 Å². The molecule has 23 heavy (non-hydrogen) atoms. The second kappa shape index (κ2) is 6.56. The second-order valence-electron chi connectivity index (χ2n) is 4.70. The number of benzene rings is 2. The number of carboxylic acids is 1. The molecule has 0 aliphatic heterocycles. The van der Waals surface area contributed by atoms with Gasteiger partial charge in [0.2, 0.25) is 0 Å². The minimum atomic E-state index is -4.50. The second-order valence-corrected chi connectivity index (χ2v) is 4.70.